The summed E-state index contributed by atoms with van der Waals surface area (Å²) in [5.74, 6) is 0.933. The van der Waals surface area contributed by atoms with Crippen LogP contribution in [0.5, 0.6) is 0 Å². The Labute approximate surface area is 94.4 Å². The molecule has 0 radical (unpaired) electrons. The van der Waals surface area contributed by atoms with Crippen molar-refractivity contribution in [2.75, 3.05) is 26.2 Å². The maximum Gasteiger partial charge on any atom is 0.0232 e. The van der Waals surface area contributed by atoms with Gasteiger partial charge in [-0.2, -0.15) is 0 Å². The third kappa shape index (κ3) is 2.73. The van der Waals surface area contributed by atoms with Crippen LogP contribution in [0.25, 0.3) is 0 Å². The van der Waals surface area contributed by atoms with Gasteiger partial charge in [0.1, 0.15) is 0 Å². The van der Waals surface area contributed by atoms with E-state index in [1.165, 1.54) is 45.4 Å². The second-order valence-electron chi connectivity index (χ2n) is 6.32. The van der Waals surface area contributed by atoms with Crippen molar-refractivity contribution < 1.29 is 0 Å². The molecule has 0 spiro atoms. The fraction of sp³-hybridized carbons (Fsp3) is 1.00. The molecular weight excluding hydrogens is 184 g/mol. The monoisotopic (exact) mass is 210 g/mol. The first-order chi connectivity index (χ1) is 7.07. The fourth-order valence-electron chi connectivity index (χ4n) is 3.08. The van der Waals surface area contributed by atoms with Gasteiger partial charge in [-0.05, 0) is 50.2 Å². The van der Waals surface area contributed by atoms with E-state index < -0.39 is 0 Å². The maximum absolute atomic E-state index is 3.47. The molecule has 2 fully saturated rings. The standard InChI is InChI=1S/C13H26N2/c1-13(2,3)11-5-8-15(9-6-11)12-4-7-14-10-12/h11-12,14H,4-10H2,1-3H3. The summed E-state index contributed by atoms with van der Waals surface area (Å²) in [5.41, 5.74) is 0.514. The van der Waals surface area contributed by atoms with Crippen molar-refractivity contribution in [3.63, 3.8) is 0 Å². The largest absolute Gasteiger partial charge is 0.315 e. The second-order valence-corrected chi connectivity index (χ2v) is 6.32. The molecule has 2 heterocycles. The molecule has 88 valence electrons. The van der Waals surface area contributed by atoms with Crippen molar-refractivity contribution in [1.29, 1.82) is 0 Å². The Kier molecular flexibility index (Phi) is 3.36. The maximum atomic E-state index is 3.47. The summed E-state index contributed by atoms with van der Waals surface area (Å²) in [6.45, 7) is 12.3. The average molecular weight is 210 g/mol. The molecule has 0 aromatic carbocycles. The lowest BCUT2D eigenvalue weighted by Crippen LogP contribution is -2.44. The number of nitrogens with zero attached hydrogens (tertiary/aromatic N) is 1. The van der Waals surface area contributed by atoms with E-state index in [-0.39, 0.29) is 0 Å². The predicted octanol–water partition coefficient (Wildman–Crippen LogP) is 2.11. The average Bonchev–Trinajstić information content (AvgIpc) is 2.69. The molecule has 1 N–H and O–H groups in total. The Morgan fingerprint density at radius 3 is 2.20 bits per heavy atom. The molecule has 2 saturated heterocycles. The van der Waals surface area contributed by atoms with Crippen molar-refractivity contribution in [3.8, 4) is 0 Å². The fourth-order valence-corrected chi connectivity index (χ4v) is 3.08. The highest BCUT2D eigenvalue weighted by atomic mass is 15.2. The van der Waals surface area contributed by atoms with Crippen LogP contribution >= 0.6 is 0 Å². The van der Waals surface area contributed by atoms with Crippen LogP contribution in [0.4, 0.5) is 0 Å². The Bertz CT molecular complexity index is 193. The number of likely N-dealkylation sites (tertiary alicyclic amines) is 1. The van der Waals surface area contributed by atoms with Gasteiger partial charge >= 0.3 is 0 Å². The molecule has 1 atom stereocenters. The van der Waals surface area contributed by atoms with Gasteiger partial charge in [0.2, 0.25) is 0 Å². The van der Waals surface area contributed by atoms with Gasteiger partial charge in [-0.25, -0.2) is 0 Å². The van der Waals surface area contributed by atoms with Crippen LogP contribution in [-0.4, -0.2) is 37.1 Å². The minimum atomic E-state index is 0.514. The number of hydrogen-bond donors (Lipinski definition) is 1. The lowest BCUT2D eigenvalue weighted by atomic mass is 9.75. The smallest absolute Gasteiger partial charge is 0.0232 e. The zero-order valence-electron chi connectivity index (χ0n) is 10.6. The van der Waals surface area contributed by atoms with Gasteiger partial charge in [-0.15, -0.1) is 0 Å². The first kappa shape index (κ1) is 11.4. The highest BCUT2D eigenvalue weighted by molar-refractivity contribution is 4.86. The van der Waals surface area contributed by atoms with Crippen molar-refractivity contribution in [2.45, 2.75) is 46.1 Å². The van der Waals surface area contributed by atoms with Gasteiger partial charge in [0.25, 0.3) is 0 Å². The van der Waals surface area contributed by atoms with Crippen molar-refractivity contribution >= 4 is 0 Å². The minimum absolute atomic E-state index is 0.514. The Balaban J connectivity index is 1.81. The number of rotatable bonds is 1. The van der Waals surface area contributed by atoms with Gasteiger partial charge in [-0.1, -0.05) is 20.8 Å². The van der Waals surface area contributed by atoms with E-state index in [1.807, 2.05) is 0 Å². The molecule has 2 nitrogen and oxygen atoms in total. The van der Waals surface area contributed by atoms with Crippen LogP contribution in [0.2, 0.25) is 0 Å². The number of hydrogen-bond acceptors (Lipinski definition) is 2. The van der Waals surface area contributed by atoms with Crippen LogP contribution in [0.3, 0.4) is 0 Å². The first-order valence-corrected chi connectivity index (χ1v) is 6.52. The first-order valence-electron chi connectivity index (χ1n) is 6.52. The van der Waals surface area contributed by atoms with E-state index in [9.17, 15) is 0 Å². The van der Waals surface area contributed by atoms with Crippen LogP contribution in [0.1, 0.15) is 40.0 Å². The van der Waals surface area contributed by atoms with Crippen LogP contribution in [0, 0.1) is 11.3 Å². The molecule has 0 aliphatic carbocycles. The SMILES string of the molecule is CC(C)(C)C1CCN(C2CCNC2)CC1. The lowest BCUT2D eigenvalue weighted by Gasteiger charge is -2.40. The third-order valence-corrected chi connectivity index (χ3v) is 4.30. The normalized spacial score (nSPS) is 31.0. The van der Waals surface area contributed by atoms with E-state index in [0.29, 0.717) is 5.41 Å². The molecule has 0 bridgehead atoms. The summed E-state index contributed by atoms with van der Waals surface area (Å²) in [4.78, 5) is 2.71. The summed E-state index contributed by atoms with van der Waals surface area (Å²) in [7, 11) is 0. The summed E-state index contributed by atoms with van der Waals surface area (Å²) in [5, 5.41) is 3.47. The van der Waals surface area contributed by atoms with Gasteiger partial charge < -0.3 is 5.32 Å². The molecule has 0 amide bonds. The van der Waals surface area contributed by atoms with Gasteiger partial charge in [0, 0.05) is 12.6 Å². The molecule has 2 aliphatic heterocycles. The summed E-state index contributed by atoms with van der Waals surface area (Å²) in [6.07, 6.45) is 4.17. The van der Waals surface area contributed by atoms with Crippen molar-refractivity contribution in [1.82, 2.24) is 10.2 Å². The quantitative estimate of drug-likeness (QED) is 0.713. The zero-order chi connectivity index (χ0) is 10.9. The van der Waals surface area contributed by atoms with Gasteiger partial charge in [-0.3, -0.25) is 4.90 Å². The van der Waals surface area contributed by atoms with Gasteiger partial charge in [0.05, 0.1) is 0 Å². The van der Waals surface area contributed by atoms with E-state index in [0.717, 1.165) is 12.0 Å². The van der Waals surface area contributed by atoms with E-state index in [4.69, 9.17) is 0 Å². The Hall–Kier alpha value is -0.0800. The van der Waals surface area contributed by atoms with Crippen molar-refractivity contribution in [2.24, 2.45) is 11.3 Å². The topological polar surface area (TPSA) is 15.3 Å². The summed E-state index contributed by atoms with van der Waals surface area (Å²) < 4.78 is 0. The lowest BCUT2D eigenvalue weighted by molar-refractivity contribution is 0.0881. The second kappa shape index (κ2) is 4.42. The summed E-state index contributed by atoms with van der Waals surface area (Å²) in [6, 6.07) is 0.839. The highest BCUT2D eigenvalue weighted by Crippen LogP contribution is 2.34. The Morgan fingerprint density at radius 1 is 1.07 bits per heavy atom. The van der Waals surface area contributed by atoms with Crippen LogP contribution in [-0.2, 0) is 0 Å². The molecule has 15 heavy (non-hydrogen) atoms. The van der Waals surface area contributed by atoms with Crippen LogP contribution in [0.15, 0.2) is 0 Å². The minimum Gasteiger partial charge on any atom is -0.315 e. The molecule has 1 unspecified atom stereocenters. The molecule has 2 heteroatoms. The highest BCUT2D eigenvalue weighted by Gasteiger charge is 2.31. The molecule has 0 aromatic heterocycles. The zero-order valence-corrected chi connectivity index (χ0v) is 10.6. The Morgan fingerprint density at radius 2 is 1.73 bits per heavy atom. The molecule has 2 aliphatic rings. The van der Waals surface area contributed by atoms with E-state index >= 15 is 0 Å². The van der Waals surface area contributed by atoms with E-state index in [1.54, 1.807) is 0 Å². The molecule has 2 rings (SSSR count). The number of piperidine rings is 1. The molecular formula is C13H26N2. The molecule has 0 saturated carbocycles. The molecule has 0 aromatic rings. The van der Waals surface area contributed by atoms with Crippen molar-refractivity contribution in [3.05, 3.63) is 0 Å². The van der Waals surface area contributed by atoms with Gasteiger partial charge in [0.15, 0.2) is 0 Å². The predicted molar refractivity (Wildman–Crippen MR) is 65.0 cm³/mol. The van der Waals surface area contributed by atoms with Crippen LogP contribution < -0.4 is 5.32 Å². The third-order valence-electron chi connectivity index (χ3n) is 4.30. The van der Waals surface area contributed by atoms with E-state index in [2.05, 4.69) is 31.0 Å². The summed E-state index contributed by atoms with van der Waals surface area (Å²) >= 11 is 0. The number of nitrogens with one attached hydrogen (secondary N) is 1.